The number of nitrogens with one attached hydrogen (secondary N) is 3. The number of benzene rings is 3. The second kappa shape index (κ2) is 16.6. The number of rotatable bonds is 10. The second-order valence-corrected chi connectivity index (χ2v) is 15.6. The van der Waals surface area contributed by atoms with Gasteiger partial charge in [-0.05, 0) is 72.2 Å². The topological polar surface area (TPSA) is 124 Å². The molecule has 0 saturated carbocycles. The molecule has 2 fully saturated rings. The minimum Gasteiger partial charge on any atom is -0.495 e. The van der Waals surface area contributed by atoms with Crippen molar-refractivity contribution in [1.82, 2.24) is 10.6 Å². The molecule has 3 N–H and O–H groups in total. The van der Waals surface area contributed by atoms with E-state index < -0.39 is 59.3 Å². The first-order valence-corrected chi connectivity index (χ1v) is 18.2. The standard InChI is InChI=1S/C39H45Cl2F2N3O7/c1-21(53-37(49)44-24-14-16-51-17-15-24)52-36(48)22-10-13-29(30(18-22)50-6)45-35(47)34-32(25-8-7-9-27(41)33(25)43)39(5,31(46-34)20-38(2,3)4)26-12-11-23(40)19-28(26)42/h7-13,18-19,21,24,31-32,34,46H,14-17,20H2,1-6H3,(H,44,49)(H,45,47). The first-order valence-electron chi connectivity index (χ1n) is 17.4. The Morgan fingerprint density at radius 1 is 1.04 bits per heavy atom. The maximum atomic E-state index is 16.0. The molecule has 0 aliphatic carbocycles. The molecule has 2 saturated heterocycles. The summed E-state index contributed by atoms with van der Waals surface area (Å²) < 4.78 is 53.3. The number of halogens is 4. The van der Waals surface area contributed by atoms with Crippen molar-refractivity contribution in [3.05, 3.63) is 93.0 Å². The third kappa shape index (κ3) is 9.23. The van der Waals surface area contributed by atoms with Crippen LogP contribution in [-0.2, 0) is 24.4 Å². The van der Waals surface area contributed by atoms with E-state index in [1.54, 1.807) is 24.3 Å². The van der Waals surface area contributed by atoms with Crippen molar-refractivity contribution in [2.24, 2.45) is 5.41 Å². The summed E-state index contributed by atoms with van der Waals surface area (Å²) in [4.78, 5) is 39.7. The summed E-state index contributed by atoms with van der Waals surface area (Å²) >= 11 is 12.4. The Kier molecular flexibility index (Phi) is 12.6. The van der Waals surface area contributed by atoms with Gasteiger partial charge in [0, 0.05) is 48.6 Å². The van der Waals surface area contributed by atoms with Crippen molar-refractivity contribution in [2.75, 3.05) is 25.6 Å². The lowest BCUT2D eigenvalue weighted by molar-refractivity contribution is -0.118. The number of amides is 2. The van der Waals surface area contributed by atoms with E-state index in [1.165, 1.54) is 44.4 Å². The first-order chi connectivity index (χ1) is 25.0. The highest BCUT2D eigenvalue weighted by atomic mass is 35.5. The minimum absolute atomic E-state index is 0.0639. The second-order valence-electron chi connectivity index (χ2n) is 14.8. The molecule has 2 aliphatic heterocycles. The molecule has 0 spiro atoms. The van der Waals surface area contributed by atoms with Crippen LogP contribution in [0.15, 0.2) is 54.6 Å². The smallest absolute Gasteiger partial charge is 0.410 e. The quantitative estimate of drug-likeness (QED) is 0.139. The molecule has 5 rings (SSSR count). The van der Waals surface area contributed by atoms with Crippen LogP contribution in [0.25, 0.3) is 0 Å². The number of carbonyl (C=O) groups excluding carboxylic acids is 3. The molecule has 2 aliphatic rings. The maximum absolute atomic E-state index is 16.0. The molecule has 0 radical (unpaired) electrons. The predicted octanol–water partition coefficient (Wildman–Crippen LogP) is 8.15. The van der Waals surface area contributed by atoms with Crippen molar-refractivity contribution >= 4 is 46.9 Å². The Labute approximate surface area is 318 Å². The normalized spacial score (nSPS) is 22.5. The van der Waals surface area contributed by atoms with Crippen LogP contribution in [0.2, 0.25) is 10.0 Å². The van der Waals surface area contributed by atoms with Gasteiger partial charge >= 0.3 is 12.1 Å². The van der Waals surface area contributed by atoms with Crippen molar-refractivity contribution in [1.29, 1.82) is 0 Å². The van der Waals surface area contributed by atoms with Crippen LogP contribution < -0.4 is 20.7 Å². The largest absolute Gasteiger partial charge is 0.495 e. The maximum Gasteiger partial charge on any atom is 0.410 e. The molecule has 53 heavy (non-hydrogen) atoms. The van der Waals surface area contributed by atoms with Crippen molar-refractivity contribution in [3.63, 3.8) is 0 Å². The fraction of sp³-hybridized carbons (Fsp3) is 0.462. The first kappa shape index (κ1) is 40.2. The molecule has 14 heteroatoms. The van der Waals surface area contributed by atoms with Gasteiger partial charge in [-0.1, -0.05) is 69.1 Å². The minimum atomic E-state index is -1.20. The number of hydrogen-bond acceptors (Lipinski definition) is 8. The van der Waals surface area contributed by atoms with Gasteiger partial charge in [0.25, 0.3) is 0 Å². The highest BCUT2D eigenvalue weighted by molar-refractivity contribution is 6.31. The zero-order chi connectivity index (χ0) is 38.7. The van der Waals surface area contributed by atoms with Gasteiger partial charge in [0.05, 0.1) is 29.4 Å². The lowest BCUT2D eigenvalue weighted by Gasteiger charge is -2.40. The highest BCUT2D eigenvalue weighted by Crippen LogP contribution is 2.53. The summed E-state index contributed by atoms with van der Waals surface area (Å²) in [5.41, 5.74) is -0.776. The van der Waals surface area contributed by atoms with Crippen LogP contribution in [0.4, 0.5) is 19.3 Å². The van der Waals surface area contributed by atoms with E-state index in [-0.39, 0.29) is 49.6 Å². The number of esters is 1. The van der Waals surface area contributed by atoms with Crippen LogP contribution in [0, 0.1) is 17.0 Å². The Morgan fingerprint density at radius 2 is 1.75 bits per heavy atom. The SMILES string of the molecule is COc1cc(C(=O)OC(C)OC(=O)NC2CCOCC2)ccc1NC(=O)C1NC(CC(C)(C)C)C(C)(c2ccc(Cl)cc2F)C1c1cccc(Cl)c1F. The van der Waals surface area contributed by atoms with Crippen molar-refractivity contribution < 1.29 is 42.1 Å². The Morgan fingerprint density at radius 3 is 2.42 bits per heavy atom. The van der Waals surface area contributed by atoms with E-state index in [0.29, 0.717) is 32.5 Å². The van der Waals surface area contributed by atoms with Gasteiger partial charge in [-0.2, -0.15) is 0 Å². The van der Waals surface area contributed by atoms with Gasteiger partial charge in [-0.3, -0.25) is 4.79 Å². The molecule has 10 nitrogen and oxygen atoms in total. The number of ether oxygens (including phenoxy) is 4. The Balaban J connectivity index is 1.42. The van der Waals surface area contributed by atoms with E-state index in [4.69, 9.17) is 42.1 Å². The molecule has 5 atom stereocenters. The molecular weight excluding hydrogens is 731 g/mol. The molecule has 0 bridgehead atoms. The Bertz CT molecular complexity index is 1830. The average Bonchev–Trinajstić information content (AvgIpc) is 3.36. The van der Waals surface area contributed by atoms with Crippen molar-refractivity contribution in [2.45, 2.75) is 89.6 Å². The van der Waals surface area contributed by atoms with E-state index in [2.05, 4.69) is 16.0 Å². The van der Waals surface area contributed by atoms with E-state index in [0.717, 1.165) is 0 Å². The molecule has 2 heterocycles. The summed E-state index contributed by atoms with van der Waals surface area (Å²) in [5, 5.41) is 9.10. The van der Waals surface area contributed by atoms with Gasteiger partial charge in [0.2, 0.25) is 12.2 Å². The summed E-state index contributed by atoms with van der Waals surface area (Å²) in [6.45, 7) is 10.4. The fourth-order valence-electron chi connectivity index (χ4n) is 7.27. The van der Waals surface area contributed by atoms with Gasteiger partial charge in [-0.15, -0.1) is 0 Å². The van der Waals surface area contributed by atoms with E-state index in [9.17, 15) is 14.4 Å². The third-order valence-electron chi connectivity index (χ3n) is 9.80. The third-order valence-corrected chi connectivity index (χ3v) is 10.3. The van der Waals surface area contributed by atoms with Crippen molar-refractivity contribution in [3.8, 4) is 5.75 Å². The molecule has 3 aromatic carbocycles. The molecule has 286 valence electrons. The van der Waals surface area contributed by atoms with Crippen LogP contribution in [0.3, 0.4) is 0 Å². The lowest BCUT2D eigenvalue weighted by atomic mass is 9.63. The lowest BCUT2D eigenvalue weighted by Crippen LogP contribution is -2.44. The number of carbonyl (C=O) groups is 3. The molecule has 3 aromatic rings. The summed E-state index contributed by atoms with van der Waals surface area (Å²) in [6, 6.07) is 11.5. The van der Waals surface area contributed by atoms with Crippen LogP contribution in [0.1, 0.15) is 81.3 Å². The van der Waals surface area contributed by atoms with E-state index >= 15 is 8.78 Å². The molecule has 5 unspecified atom stereocenters. The van der Waals surface area contributed by atoms with Gasteiger partial charge < -0.3 is 34.9 Å². The van der Waals surface area contributed by atoms with Crippen LogP contribution in [-0.4, -0.2) is 62.7 Å². The summed E-state index contributed by atoms with van der Waals surface area (Å²) in [7, 11) is 1.37. The van der Waals surface area contributed by atoms with Gasteiger partial charge in [-0.25, -0.2) is 18.4 Å². The predicted molar refractivity (Wildman–Crippen MR) is 198 cm³/mol. The number of anilines is 1. The molecular formula is C39H45Cl2F2N3O7. The zero-order valence-electron chi connectivity index (χ0n) is 30.5. The highest BCUT2D eigenvalue weighted by Gasteiger charge is 2.57. The summed E-state index contributed by atoms with van der Waals surface area (Å²) in [6.07, 6.45) is -0.125. The average molecular weight is 777 g/mol. The Hall–Kier alpha value is -3.97. The van der Waals surface area contributed by atoms with Crippen LogP contribution in [0.5, 0.6) is 5.75 Å². The number of methoxy groups -OCH3 is 1. The molecule has 2 amide bonds. The summed E-state index contributed by atoms with van der Waals surface area (Å²) in [5.74, 6) is -3.48. The molecule has 0 aromatic heterocycles. The number of hydrogen-bond donors (Lipinski definition) is 3. The van der Waals surface area contributed by atoms with Gasteiger partial charge in [0.15, 0.2) is 0 Å². The van der Waals surface area contributed by atoms with Crippen LogP contribution >= 0.6 is 23.2 Å². The fourth-order valence-corrected chi connectivity index (χ4v) is 7.61. The van der Waals surface area contributed by atoms with Gasteiger partial charge in [0.1, 0.15) is 17.4 Å². The zero-order valence-corrected chi connectivity index (χ0v) is 32.0. The van der Waals surface area contributed by atoms with E-state index in [1.807, 2.05) is 27.7 Å². The monoisotopic (exact) mass is 775 g/mol. The number of alkyl carbamates (subject to hydrolysis) is 1.